The number of amides is 1. The van der Waals surface area contributed by atoms with Gasteiger partial charge in [0.2, 0.25) is 0 Å². The number of aromatic nitrogens is 1. The van der Waals surface area contributed by atoms with Gasteiger partial charge < -0.3 is 10.8 Å². The molecule has 2 aromatic carbocycles. The predicted molar refractivity (Wildman–Crippen MR) is 87.1 cm³/mol. The Labute approximate surface area is 129 Å². The lowest BCUT2D eigenvalue weighted by atomic mass is 10.3. The van der Waals surface area contributed by atoms with Crippen LogP contribution in [0.1, 0.15) is 5.01 Å². The molecule has 0 saturated heterocycles. The van der Waals surface area contributed by atoms with Crippen LogP contribution in [-0.4, -0.2) is 21.7 Å². The highest BCUT2D eigenvalue weighted by Gasteiger charge is 2.16. The molecule has 0 unspecified atom stereocenters. The minimum absolute atomic E-state index is 0.0641. The van der Waals surface area contributed by atoms with Gasteiger partial charge in [-0.15, -0.1) is 11.3 Å². The van der Waals surface area contributed by atoms with E-state index in [1.54, 1.807) is 12.1 Å². The quantitative estimate of drug-likeness (QED) is 0.391. The van der Waals surface area contributed by atoms with Gasteiger partial charge in [-0.2, -0.15) is 5.10 Å². The number of nitrogens with zero attached hydrogens (tertiary/aromatic N) is 2. The number of anilines is 1. The minimum Gasteiger partial charge on any atom is -0.508 e. The van der Waals surface area contributed by atoms with Crippen molar-refractivity contribution in [2.75, 3.05) is 5.43 Å². The molecule has 3 aromatic rings. The standard InChI is InChI=1S/C15H12N4O2S/c16-14(21)13(19-18-9-5-7-10(20)8-6-9)15-17-11-3-1-2-4-12(11)22-15/h1-8,18,20H,(H2,16,21)/b19-13-. The van der Waals surface area contributed by atoms with Gasteiger partial charge in [0, 0.05) is 0 Å². The first kappa shape index (κ1) is 14.0. The molecule has 7 heteroatoms. The number of thiazole rings is 1. The Morgan fingerprint density at radius 3 is 2.59 bits per heavy atom. The average molecular weight is 312 g/mol. The van der Waals surface area contributed by atoms with E-state index in [9.17, 15) is 9.90 Å². The van der Waals surface area contributed by atoms with Crippen LogP contribution in [0, 0.1) is 0 Å². The van der Waals surface area contributed by atoms with Crippen molar-refractivity contribution in [3.8, 4) is 5.75 Å². The summed E-state index contributed by atoms with van der Waals surface area (Å²) in [6.45, 7) is 0. The Balaban J connectivity index is 1.93. The van der Waals surface area contributed by atoms with Crippen molar-refractivity contribution < 1.29 is 9.90 Å². The Morgan fingerprint density at radius 1 is 1.18 bits per heavy atom. The molecular weight excluding hydrogens is 300 g/mol. The fraction of sp³-hybridized carbons (Fsp3) is 0. The number of aromatic hydroxyl groups is 1. The maximum atomic E-state index is 11.6. The molecule has 22 heavy (non-hydrogen) atoms. The highest BCUT2D eigenvalue weighted by atomic mass is 32.1. The summed E-state index contributed by atoms with van der Waals surface area (Å²) in [5.74, 6) is -0.513. The lowest BCUT2D eigenvalue weighted by molar-refractivity contribution is -0.111. The van der Waals surface area contributed by atoms with E-state index >= 15 is 0 Å². The molecule has 110 valence electrons. The Kier molecular flexibility index (Phi) is 3.71. The number of hydrogen-bond donors (Lipinski definition) is 3. The second-order valence-electron chi connectivity index (χ2n) is 4.47. The van der Waals surface area contributed by atoms with Gasteiger partial charge in [-0.05, 0) is 36.4 Å². The van der Waals surface area contributed by atoms with Crippen LogP contribution in [0.4, 0.5) is 5.69 Å². The van der Waals surface area contributed by atoms with Crippen molar-refractivity contribution in [1.82, 2.24) is 4.98 Å². The number of benzene rings is 2. The molecule has 4 N–H and O–H groups in total. The number of carbonyl (C=O) groups excluding carboxylic acids is 1. The van der Waals surface area contributed by atoms with E-state index in [0.29, 0.717) is 10.7 Å². The third-order valence-corrected chi connectivity index (χ3v) is 3.94. The van der Waals surface area contributed by atoms with E-state index in [-0.39, 0.29) is 11.5 Å². The zero-order chi connectivity index (χ0) is 15.5. The van der Waals surface area contributed by atoms with Crippen LogP contribution in [-0.2, 0) is 4.79 Å². The normalized spacial score (nSPS) is 11.5. The lowest BCUT2D eigenvalue weighted by Crippen LogP contribution is -2.25. The molecule has 0 radical (unpaired) electrons. The SMILES string of the molecule is NC(=O)/C(=N/Nc1ccc(O)cc1)c1nc2ccccc2s1. The fourth-order valence-corrected chi connectivity index (χ4v) is 2.80. The number of nitrogens with two attached hydrogens (primary N) is 1. The highest BCUT2D eigenvalue weighted by Crippen LogP contribution is 2.22. The number of para-hydroxylation sites is 1. The van der Waals surface area contributed by atoms with Gasteiger partial charge in [0.15, 0.2) is 10.7 Å². The van der Waals surface area contributed by atoms with E-state index in [4.69, 9.17) is 5.73 Å². The van der Waals surface area contributed by atoms with Crippen LogP contribution in [0.3, 0.4) is 0 Å². The first-order chi connectivity index (χ1) is 10.6. The molecule has 1 amide bonds. The van der Waals surface area contributed by atoms with Crippen LogP contribution in [0.2, 0.25) is 0 Å². The molecular formula is C15H12N4O2S. The van der Waals surface area contributed by atoms with E-state index in [1.165, 1.54) is 23.5 Å². The average Bonchev–Trinajstić information content (AvgIpc) is 2.92. The van der Waals surface area contributed by atoms with E-state index in [1.807, 2.05) is 24.3 Å². The monoisotopic (exact) mass is 312 g/mol. The van der Waals surface area contributed by atoms with E-state index < -0.39 is 5.91 Å². The second kappa shape index (κ2) is 5.82. The summed E-state index contributed by atoms with van der Waals surface area (Å²) < 4.78 is 0.955. The summed E-state index contributed by atoms with van der Waals surface area (Å²) >= 11 is 1.35. The van der Waals surface area contributed by atoms with Crippen molar-refractivity contribution in [1.29, 1.82) is 0 Å². The zero-order valence-electron chi connectivity index (χ0n) is 11.4. The van der Waals surface area contributed by atoms with Gasteiger partial charge in [0.1, 0.15) is 5.75 Å². The maximum Gasteiger partial charge on any atom is 0.272 e. The second-order valence-corrected chi connectivity index (χ2v) is 5.50. The molecule has 0 aliphatic carbocycles. The van der Waals surface area contributed by atoms with Gasteiger partial charge in [-0.3, -0.25) is 10.2 Å². The van der Waals surface area contributed by atoms with Gasteiger partial charge >= 0.3 is 0 Å². The fourth-order valence-electron chi connectivity index (χ4n) is 1.84. The Bertz CT molecular complexity index is 822. The first-order valence-corrected chi connectivity index (χ1v) is 7.23. The van der Waals surface area contributed by atoms with E-state index in [0.717, 1.165) is 10.2 Å². The molecule has 0 atom stereocenters. The number of hydrogen-bond acceptors (Lipinski definition) is 6. The number of hydrazone groups is 1. The van der Waals surface area contributed by atoms with Crippen molar-refractivity contribution in [3.05, 3.63) is 53.5 Å². The van der Waals surface area contributed by atoms with E-state index in [2.05, 4.69) is 15.5 Å². The smallest absolute Gasteiger partial charge is 0.272 e. The predicted octanol–water partition coefficient (Wildman–Crippen LogP) is 2.30. The Hall–Kier alpha value is -2.93. The molecule has 6 nitrogen and oxygen atoms in total. The maximum absolute atomic E-state index is 11.6. The molecule has 0 bridgehead atoms. The van der Waals surface area contributed by atoms with Crippen molar-refractivity contribution in [2.24, 2.45) is 10.8 Å². The molecule has 0 aliphatic rings. The van der Waals surface area contributed by atoms with Crippen LogP contribution in [0.25, 0.3) is 10.2 Å². The van der Waals surface area contributed by atoms with Gasteiger partial charge in [-0.1, -0.05) is 12.1 Å². The molecule has 1 heterocycles. The third kappa shape index (κ3) is 2.89. The zero-order valence-corrected chi connectivity index (χ0v) is 12.2. The van der Waals surface area contributed by atoms with Crippen molar-refractivity contribution in [2.45, 2.75) is 0 Å². The van der Waals surface area contributed by atoms with Crippen LogP contribution >= 0.6 is 11.3 Å². The van der Waals surface area contributed by atoms with Gasteiger partial charge in [0.25, 0.3) is 5.91 Å². The topological polar surface area (TPSA) is 101 Å². The van der Waals surface area contributed by atoms with Crippen LogP contribution in [0.5, 0.6) is 5.75 Å². The number of primary amides is 1. The first-order valence-electron chi connectivity index (χ1n) is 6.42. The van der Waals surface area contributed by atoms with Crippen LogP contribution in [0.15, 0.2) is 53.6 Å². The van der Waals surface area contributed by atoms with Crippen molar-refractivity contribution >= 4 is 38.9 Å². The Morgan fingerprint density at radius 2 is 1.91 bits per heavy atom. The summed E-state index contributed by atoms with van der Waals surface area (Å²) in [7, 11) is 0. The summed E-state index contributed by atoms with van der Waals surface area (Å²) in [5.41, 5.74) is 9.61. The summed E-state index contributed by atoms with van der Waals surface area (Å²) in [4.78, 5) is 16.0. The number of phenols is 1. The number of carbonyl (C=O) groups is 1. The number of phenolic OH excluding ortho intramolecular Hbond substituents is 1. The number of nitrogens with one attached hydrogen (secondary N) is 1. The molecule has 1 aromatic heterocycles. The third-order valence-electron chi connectivity index (χ3n) is 2.89. The summed E-state index contributed by atoms with van der Waals surface area (Å²) in [6, 6.07) is 13.9. The van der Waals surface area contributed by atoms with Gasteiger partial charge in [-0.25, -0.2) is 4.98 Å². The summed E-state index contributed by atoms with van der Waals surface area (Å²) in [6.07, 6.45) is 0. The molecule has 3 rings (SSSR count). The largest absolute Gasteiger partial charge is 0.508 e. The molecule has 0 fully saturated rings. The van der Waals surface area contributed by atoms with Crippen LogP contribution < -0.4 is 11.2 Å². The lowest BCUT2D eigenvalue weighted by Gasteiger charge is -2.02. The summed E-state index contributed by atoms with van der Waals surface area (Å²) in [5, 5.41) is 13.7. The number of rotatable bonds is 4. The molecule has 0 saturated carbocycles. The van der Waals surface area contributed by atoms with Gasteiger partial charge in [0.05, 0.1) is 15.9 Å². The molecule has 0 aliphatic heterocycles. The highest BCUT2D eigenvalue weighted by molar-refractivity contribution is 7.21. The minimum atomic E-state index is -0.662. The van der Waals surface area contributed by atoms with Crippen molar-refractivity contribution in [3.63, 3.8) is 0 Å². The molecule has 0 spiro atoms. The number of fused-ring (bicyclic) bond motifs is 1.